The highest BCUT2D eigenvalue weighted by atomic mass is 32.1. The fraction of sp³-hybridized carbons (Fsp3) is 0.333. The molecule has 1 aliphatic carbocycles. The summed E-state index contributed by atoms with van der Waals surface area (Å²) in [7, 11) is 0. The molecule has 7 heteroatoms. The Kier molecular flexibility index (Phi) is 3.75. The van der Waals surface area contributed by atoms with Crippen molar-refractivity contribution >= 4 is 33.8 Å². The zero-order valence-electron chi connectivity index (χ0n) is 10.4. The normalized spacial score (nSPS) is 13.9. The van der Waals surface area contributed by atoms with Crippen molar-refractivity contribution in [3.8, 4) is 0 Å². The van der Waals surface area contributed by atoms with Gasteiger partial charge in [-0.25, -0.2) is 0 Å². The van der Waals surface area contributed by atoms with Gasteiger partial charge >= 0.3 is 0 Å². The summed E-state index contributed by atoms with van der Waals surface area (Å²) in [4.78, 5) is 23.7. The highest BCUT2D eigenvalue weighted by Crippen LogP contribution is 2.38. The van der Waals surface area contributed by atoms with Gasteiger partial charge < -0.3 is 22.1 Å². The highest BCUT2D eigenvalue weighted by Gasteiger charge is 2.28. The van der Waals surface area contributed by atoms with Gasteiger partial charge in [0.15, 0.2) is 0 Å². The van der Waals surface area contributed by atoms with Crippen molar-refractivity contribution in [2.45, 2.75) is 18.9 Å². The van der Waals surface area contributed by atoms with Crippen LogP contribution in [0.3, 0.4) is 0 Å². The Morgan fingerprint density at radius 2 is 2.16 bits per heavy atom. The lowest BCUT2D eigenvalue weighted by molar-refractivity contribution is 0.0962. The van der Waals surface area contributed by atoms with E-state index in [4.69, 9.17) is 11.5 Å². The molecule has 0 radical (unpaired) electrons. The van der Waals surface area contributed by atoms with E-state index in [0.29, 0.717) is 22.5 Å². The zero-order valence-corrected chi connectivity index (χ0v) is 11.2. The number of nitrogens with one attached hydrogen (secondary N) is 2. The van der Waals surface area contributed by atoms with Crippen molar-refractivity contribution in [3.63, 3.8) is 0 Å². The van der Waals surface area contributed by atoms with Crippen LogP contribution in [0.25, 0.3) is 0 Å². The van der Waals surface area contributed by atoms with Gasteiger partial charge in [-0.2, -0.15) is 0 Å². The molecule has 0 atom stereocenters. The molecule has 102 valence electrons. The zero-order chi connectivity index (χ0) is 14.0. The van der Waals surface area contributed by atoms with Gasteiger partial charge in [-0.15, -0.1) is 17.9 Å². The molecular formula is C12H16N4O2S. The largest absolute Gasteiger partial charge is 0.397 e. The molecule has 0 aromatic carbocycles. The number of nitrogen functional groups attached to an aromatic ring is 1. The number of hydrogen-bond donors (Lipinski definition) is 4. The molecule has 1 saturated carbocycles. The van der Waals surface area contributed by atoms with E-state index >= 15 is 0 Å². The lowest BCUT2D eigenvalue weighted by Crippen LogP contribution is -2.23. The van der Waals surface area contributed by atoms with Crippen LogP contribution in [-0.4, -0.2) is 24.4 Å². The van der Waals surface area contributed by atoms with Crippen LogP contribution in [0.1, 0.15) is 32.9 Å². The van der Waals surface area contributed by atoms with Crippen LogP contribution in [0.4, 0.5) is 10.7 Å². The number of hydrogen-bond acceptors (Lipinski definition) is 5. The van der Waals surface area contributed by atoms with Gasteiger partial charge in [0.25, 0.3) is 11.8 Å². The average molecular weight is 280 g/mol. The number of amides is 2. The van der Waals surface area contributed by atoms with E-state index in [9.17, 15) is 9.59 Å². The molecule has 1 fully saturated rings. The van der Waals surface area contributed by atoms with Gasteiger partial charge in [-0.1, -0.05) is 6.08 Å². The number of anilines is 2. The van der Waals surface area contributed by atoms with Crippen molar-refractivity contribution in [2.75, 3.05) is 17.6 Å². The molecule has 0 unspecified atom stereocenters. The first-order valence-electron chi connectivity index (χ1n) is 5.92. The molecule has 1 aromatic heterocycles. The first-order chi connectivity index (χ1) is 9.04. The molecule has 6 nitrogen and oxygen atoms in total. The van der Waals surface area contributed by atoms with Gasteiger partial charge in [0.1, 0.15) is 9.88 Å². The van der Waals surface area contributed by atoms with E-state index < -0.39 is 5.91 Å². The number of nitrogens with two attached hydrogens (primary N) is 2. The second-order valence-corrected chi connectivity index (χ2v) is 5.35. The van der Waals surface area contributed by atoms with Crippen molar-refractivity contribution < 1.29 is 9.59 Å². The Morgan fingerprint density at radius 3 is 2.68 bits per heavy atom. The van der Waals surface area contributed by atoms with Crippen molar-refractivity contribution in [3.05, 3.63) is 23.1 Å². The molecule has 6 N–H and O–H groups in total. The van der Waals surface area contributed by atoms with E-state index in [-0.39, 0.29) is 17.2 Å². The minimum Gasteiger partial charge on any atom is -0.397 e. The van der Waals surface area contributed by atoms with Gasteiger partial charge in [0, 0.05) is 12.6 Å². The lowest BCUT2D eigenvalue weighted by atomic mass is 10.2. The quantitative estimate of drug-likeness (QED) is 0.581. The van der Waals surface area contributed by atoms with Gasteiger partial charge in [0.05, 0.1) is 11.3 Å². The number of rotatable bonds is 6. The van der Waals surface area contributed by atoms with Crippen LogP contribution in [0.15, 0.2) is 12.7 Å². The third-order valence-corrected chi connectivity index (χ3v) is 3.85. The summed E-state index contributed by atoms with van der Waals surface area (Å²) in [6.45, 7) is 3.86. The third-order valence-electron chi connectivity index (χ3n) is 2.72. The fourth-order valence-electron chi connectivity index (χ4n) is 1.62. The minimum atomic E-state index is -0.625. The Morgan fingerprint density at radius 1 is 1.47 bits per heavy atom. The maximum Gasteiger partial charge on any atom is 0.263 e. The molecule has 1 aromatic rings. The van der Waals surface area contributed by atoms with Gasteiger partial charge in [-0.05, 0) is 12.8 Å². The maximum absolute atomic E-state index is 11.9. The Labute approximate surface area is 114 Å². The molecule has 0 saturated heterocycles. The molecule has 1 aliphatic rings. The van der Waals surface area contributed by atoms with E-state index in [0.717, 1.165) is 24.2 Å². The topological polar surface area (TPSA) is 110 Å². The Balaban J connectivity index is 2.30. The molecule has 1 heterocycles. The van der Waals surface area contributed by atoms with E-state index in [1.165, 1.54) is 0 Å². The monoisotopic (exact) mass is 280 g/mol. The van der Waals surface area contributed by atoms with Crippen LogP contribution < -0.4 is 22.1 Å². The number of carbonyl (C=O) groups excluding carboxylic acids is 2. The third kappa shape index (κ3) is 2.87. The summed E-state index contributed by atoms with van der Waals surface area (Å²) in [5.41, 5.74) is 11.5. The molecular weight excluding hydrogens is 264 g/mol. The second-order valence-electron chi connectivity index (χ2n) is 4.33. The van der Waals surface area contributed by atoms with Crippen LogP contribution in [0.5, 0.6) is 0 Å². The SMILES string of the molecule is C=CCNC(=O)c1sc(NC2CC2)c(C(N)=O)c1N. The van der Waals surface area contributed by atoms with Crippen molar-refractivity contribution in [1.29, 1.82) is 0 Å². The Bertz CT molecular complexity index is 534. The smallest absolute Gasteiger partial charge is 0.263 e. The lowest BCUT2D eigenvalue weighted by Gasteiger charge is -2.02. The predicted octanol–water partition coefficient (Wildman–Crippen LogP) is 0.919. The molecule has 0 aliphatic heterocycles. The van der Waals surface area contributed by atoms with Gasteiger partial charge in [-0.3, -0.25) is 9.59 Å². The van der Waals surface area contributed by atoms with E-state index in [2.05, 4.69) is 17.2 Å². The summed E-state index contributed by atoms with van der Waals surface area (Å²) in [6.07, 6.45) is 3.67. The number of thiophene rings is 1. The molecule has 0 spiro atoms. The van der Waals surface area contributed by atoms with Crippen molar-refractivity contribution in [1.82, 2.24) is 5.32 Å². The fourth-order valence-corrected chi connectivity index (χ4v) is 2.74. The predicted molar refractivity (Wildman–Crippen MR) is 76.4 cm³/mol. The molecule has 0 bridgehead atoms. The summed E-state index contributed by atoms with van der Waals surface area (Å²) in [5.74, 6) is -0.951. The van der Waals surface area contributed by atoms with Gasteiger partial charge in [0.2, 0.25) is 0 Å². The van der Waals surface area contributed by atoms with Crippen LogP contribution in [0, 0.1) is 0 Å². The standard InChI is InChI=1S/C12H16N4O2S/c1-2-5-15-11(18)9-8(13)7(10(14)17)12(19-9)16-6-3-4-6/h2,6,16H,1,3-5,13H2,(H2,14,17)(H,15,18). The first-order valence-corrected chi connectivity index (χ1v) is 6.74. The molecule has 2 amide bonds. The summed E-state index contributed by atoms with van der Waals surface area (Å²) >= 11 is 1.16. The highest BCUT2D eigenvalue weighted by molar-refractivity contribution is 7.19. The minimum absolute atomic E-state index is 0.141. The maximum atomic E-state index is 11.9. The summed E-state index contributed by atoms with van der Waals surface area (Å²) in [6, 6.07) is 0.347. The van der Waals surface area contributed by atoms with Crippen LogP contribution in [0.2, 0.25) is 0 Å². The average Bonchev–Trinajstić information content (AvgIpc) is 3.09. The van der Waals surface area contributed by atoms with E-state index in [1.54, 1.807) is 6.08 Å². The van der Waals surface area contributed by atoms with E-state index in [1.807, 2.05) is 0 Å². The van der Waals surface area contributed by atoms with Crippen LogP contribution in [-0.2, 0) is 0 Å². The number of primary amides is 1. The number of carbonyl (C=O) groups is 2. The second kappa shape index (κ2) is 5.31. The Hall–Kier alpha value is -2.02. The van der Waals surface area contributed by atoms with Crippen LogP contribution >= 0.6 is 11.3 Å². The summed E-state index contributed by atoms with van der Waals surface area (Å²) < 4.78 is 0. The van der Waals surface area contributed by atoms with Crippen molar-refractivity contribution in [2.24, 2.45) is 5.73 Å². The molecule has 2 rings (SSSR count). The molecule has 19 heavy (non-hydrogen) atoms. The first kappa shape index (κ1) is 13.4. The summed E-state index contributed by atoms with van der Waals surface area (Å²) in [5, 5.41) is 6.39.